The molecule has 0 aromatic rings. The van der Waals surface area contributed by atoms with Crippen molar-refractivity contribution in [3.63, 3.8) is 0 Å². The van der Waals surface area contributed by atoms with Crippen LogP contribution in [0.3, 0.4) is 0 Å². The Morgan fingerprint density at radius 2 is 0.741 bits per heavy atom. The van der Waals surface area contributed by atoms with Gasteiger partial charge in [0.1, 0.15) is 0 Å². The van der Waals surface area contributed by atoms with Crippen LogP contribution in [0, 0.1) is 0 Å². The van der Waals surface area contributed by atoms with E-state index >= 15 is 0 Å². The van der Waals surface area contributed by atoms with Crippen LogP contribution in [0.4, 0.5) is 0 Å². The van der Waals surface area contributed by atoms with Crippen LogP contribution in [-0.4, -0.2) is 38.4 Å². The van der Waals surface area contributed by atoms with Gasteiger partial charge in [0.25, 0.3) is 0 Å². The van der Waals surface area contributed by atoms with E-state index in [9.17, 15) is 0 Å². The maximum absolute atomic E-state index is 6.67. The standard InChI is InChI=1S/6C4H9.H2N.2Sn/c6*1-3-4-2;;;/h6*1,3-4H2,2H3;1H2;;/q;;;;;;-1;;+1. The van der Waals surface area contributed by atoms with Gasteiger partial charge >= 0.3 is 188 Å². The Balaban J connectivity index is 0. The molecule has 3 heteroatoms. The molecule has 2 N–H and O–H groups in total. The van der Waals surface area contributed by atoms with Gasteiger partial charge in [-0.25, -0.2) is 0 Å². The zero-order valence-corrected chi connectivity index (χ0v) is 26.0. The summed E-state index contributed by atoms with van der Waals surface area (Å²) in [4.78, 5) is 0. The second kappa shape index (κ2) is 23.8. The molecule has 0 aliphatic carbocycles. The van der Waals surface area contributed by atoms with Crippen molar-refractivity contribution in [1.29, 1.82) is 0 Å². The van der Waals surface area contributed by atoms with Crippen molar-refractivity contribution >= 4 is 38.4 Å². The third-order valence-electron chi connectivity index (χ3n) is 5.74. The van der Waals surface area contributed by atoms with Crippen LogP contribution < -0.4 is 3.96 Å². The van der Waals surface area contributed by atoms with Gasteiger partial charge in [-0.15, -0.1) is 0 Å². The van der Waals surface area contributed by atoms with Crippen molar-refractivity contribution in [3.05, 3.63) is 0 Å². The SMILES string of the molecule is CCC[CH2][Sn]([CH2]CCC)[CH2]CCC.CCC[CH2][Sn]([NH2])([CH2]CCC)[CH2]CCC. The topological polar surface area (TPSA) is 26.0 Å². The minimum atomic E-state index is -2.06. The third-order valence-corrected chi connectivity index (χ3v) is 26.4. The molecule has 1 nitrogen and oxygen atoms in total. The van der Waals surface area contributed by atoms with Gasteiger partial charge in [0.15, 0.2) is 0 Å². The predicted octanol–water partition coefficient (Wildman–Crippen LogP) is 9.17. The van der Waals surface area contributed by atoms with Crippen LogP contribution in [0.15, 0.2) is 0 Å². The molecule has 0 atom stereocenters. The minimum absolute atomic E-state index is 0.839. The van der Waals surface area contributed by atoms with Gasteiger partial charge in [-0.3, -0.25) is 0 Å². The Kier molecular flexibility index (Phi) is 27.1. The monoisotopic (exact) mass is 598 g/mol. The van der Waals surface area contributed by atoms with Crippen LogP contribution in [0.25, 0.3) is 0 Å². The number of hydrogen-bond donors (Lipinski definition) is 1. The second-order valence-electron chi connectivity index (χ2n) is 8.73. The normalized spacial score (nSPS) is 11.6. The van der Waals surface area contributed by atoms with Crippen LogP contribution in [0.1, 0.15) is 119 Å². The molecule has 0 aromatic heterocycles. The van der Waals surface area contributed by atoms with E-state index in [1.54, 1.807) is 13.3 Å². The maximum atomic E-state index is 6.67. The molecule has 165 valence electrons. The van der Waals surface area contributed by atoms with E-state index in [0.717, 1.165) is 0 Å². The molecule has 0 aliphatic heterocycles. The van der Waals surface area contributed by atoms with E-state index in [1.165, 1.54) is 90.4 Å². The first-order valence-electron chi connectivity index (χ1n) is 12.7. The molecule has 0 aromatic carbocycles. The Bertz CT molecular complexity index is 230. The predicted molar refractivity (Wildman–Crippen MR) is 134 cm³/mol. The van der Waals surface area contributed by atoms with Crippen LogP contribution in [-0.2, 0) is 0 Å². The summed E-state index contributed by atoms with van der Waals surface area (Å²) >= 11 is -2.90. The summed E-state index contributed by atoms with van der Waals surface area (Å²) in [5.74, 6) is 0. The first-order chi connectivity index (χ1) is 13.0. The summed E-state index contributed by atoms with van der Waals surface area (Å²) in [5, 5.41) is 0. The molecule has 0 saturated carbocycles. The van der Waals surface area contributed by atoms with E-state index in [-0.39, 0.29) is 0 Å². The Labute approximate surface area is 186 Å². The molecule has 0 amide bonds. The van der Waals surface area contributed by atoms with Crippen LogP contribution in [0.2, 0.25) is 26.6 Å². The number of rotatable bonds is 18. The fourth-order valence-electron chi connectivity index (χ4n) is 3.62. The molecule has 0 heterocycles. The molecule has 0 spiro atoms. The van der Waals surface area contributed by atoms with Gasteiger partial charge in [-0.05, 0) is 0 Å². The third kappa shape index (κ3) is 22.1. The Morgan fingerprint density at radius 1 is 0.481 bits per heavy atom. The molecule has 0 unspecified atom stereocenters. The van der Waals surface area contributed by atoms with E-state index < -0.39 is 38.4 Å². The summed E-state index contributed by atoms with van der Waals surface area (Å²) in [6.07, 6.45) is 17.0. The Morgan fingerprint density at radius 3 is 0.963 bits per heavy atom. The number of nitrogens with two attached hydrogens (primary N) is 1. The molecular formula is C24H56NSn2. The van der Waals surface area contributed by atoms with E-state index in [2.05, 4.69) is 41.5 Å². The molecule has 0 aliphatic rings. The quantitative estimate of drug-likeness (QED) is 0.157. The van der Waals surface area contributed by atoms with E-state index in [4.69, 9.17) is 3.96 Å². The second-order valence-corrected chi connectivity index (χ2v) is 29.4. The first kappa shape index (κ1) is 30.7. The molecule has 0 rings (SSSR count). The molecule has 0 bridgehead atoms. The summed E-state index contributed by atoms with van der Waals surface area (Å²) in [7, 11) is 0. The average Bonchev–Trinajstić information content (AvgIpc) is 2.69. The van der Waals surface area contributed by atoms with Crippen molar-refractivity contribution in [2.75, 3.05) is 0 Å². The van der Waals surface area contributed by atoms with Gasteiger partial charge < -0.3 is 0 Å². The molecular weight excluding hydrogens is 540 g/mol. The van der Waals surface area contributed by atoms with E-state index in [1.807, 2.05) is 0 Å². The summed E-state index contributed by atoms with van der Waals surface area (Å²) in [6, 6.07) is 0. The van der Waals surface area contributed by atoms with Crippen LogP contribution in [0.5, 0.6) is 0 Å². The molecule has 27 heavy (non-hydrogen) atoms. The fraction of sp³-hybridized carbons (Fsp3) is 1.00. The van der Waals surface area contributed by atoms with Gasteiger partial charge in [-0.1, -0.05) is 0 Å². The zero-order valence-electron chi connectivity index (χ0n) is 20.3. The van der Waals surface area contributed by atoms with Crippen molar-refractivity contribution in [2.45, 2.75) is 145 Å². The summed E-state index contributed by atoms with van der Waals surface area (Å²) < 4.78 is 16.0. The fourth-order valence-corrected chi connectivity index (χ4v) is 24.3. The average molecular weight is 596 g/mol. The number of unbranched alkanes of at least 4 members (excludes halogenated alkanes) is 6. The summed E-state index contributed by atoms with van der Waals surface area (Å²) in [6.45, 7) is 13.9. The Hall–Kier alpha value is 1.56. The van der Waals surface area contributed by atoms with Crippen molar-refractivity contribution < 1.29 is 0 Å². The number of hydrogen-bond acceptors (Lipinski definition) is 1. The van der Waals surface area contributed by atoms with Crippen molar-refractivity contribution in [1.82, 2.24) is 0 Å². The zero-order chi connectivity index (χ0) is 20.8. The van der Waals surface area contributed by atoms with Gasteiger partial charge in [-0.2, -0.15) is 0 Å². The van der Waals surface area contributed by atoms with Gasteiger partial charge in [0.2, 0.25) is 0 Å². The molecule has 0 fully saturated rings. The van der Waals surface area contributed by atoms with Crippen molar-refractivity contribution in [3.8, 4) is 0 Å². The van der Waals surface area contributed by atoms with Crippen LogP contribution >= 0.6 is 0 Å². The first-order valence-corrected chi connectivity index (χ1v) is 26.4. The molecule has 1 radical (unpaired) electrons. The van der Waals surface area contributed by atoms with E-state index in [0.29, 0.717) is 0 Å². The van der Waals surface area contributed by atoms with Gasteiger partial charge in [0, 0.05) is 0 Å². The molecule has 0 saturated heterocycles. The summed E-state index contributed by atoms with van der Waals surface area (Å²) in [5.41, 5.74) is 0. The van der Waals surface area contributed by atoms with Crippen molar-refractivity contribution in [2.24, 2.45) is 3.96 Å². The van der Waals surface area contributed by atoms with Gasteiger partial charge in [0.05, 0.1) is 0 Å².